The number of nitrogens with zero attached hydrogens (tertiary/aromatic N) is 3. The van der Waals surface area contributed by atoms with Gasteiger partial charge in [-0.15, -0.1) is 0 Å². The molecule has 3 aromatic rings. The minimum Gasteiger partial charge on any atom is -0.352 e. The van der Waals surface area contributed by atoms with Crippen LogP contribution in [-0.4, -0.2) is 34.0 Å². The first-order valence-corrected chi connectivity index (χ1v) is 11.6. The fraction of sp³-hybridized carbons (Fsp3) is 0.423. The van der Waals surface area contributed by atoms with Crippen LogP contribution in [0, 0.1) is 5.92 Å². The highest BCUT2D eigenvalue weighted by Crippen LogP contribution is 2.18. The molecule has 0 aliphatic carbocycles. The van der Waals surface area contributed by atoms with E-state index >= 15 is 0 Å². The first-order valence-electron chi connectivity index (χ1n) is 11.6. The van der Waals surface area contributed by atoms with E-state index < -0.39 is 0 Å². The smallest absolute Gasteiger partial charge is 0.226 e. The Hall–Kier alpha value is -2.99. The molecule has 2 aromatic carbocycles. The van der Waals surface area contributed by atoms with E-state index in [1.54, 1.807) is 0 Å². The van der Waals surface area contributed by atoms with E-state index in [2.05, 4.69) is 51.5 Å². The van der Waals surface area contributed by atoms with E-state index in [4.69, 9.17) is 4.52 Å². The topological polar surface area (TPSA) is 71.3 Å². The summed E-state index contributed by atoms with van der Waals surface area (Å²) in [5.74, 6) is 1.99. The van der Waals surface area contributed by atoms with Gasteiger partial charge < -0.3 is 9.84 Å². The molecule has 6 nitrogen and oxygen atoms in total. The van der Waals surface area contributed by atoms with Crippen LogP contribution >= 0.6 is 0 Å². The first kappa shape index (κ1) is 22.2. The standard InChI is InChI=1S/C26H32N4O2/c1-20-7-6-16-30(18-20)19-22-14-12-21(13-15-22)17-27-24(31)10-5-11-25-28-26(29-32-25)23-8-3-2-4-9-23/h2-4,8-9,12-15,20H,5-7,10-11,16-19H2,1H3,(H,27,31). The summed E-state index contributed by atoms with van der Waals surface area (Å²) < 4.78 is 5.31. The molecule has 1 saturated heterocycles. The van der Waals surface area contributed by atoms with Gasteiger partial charge in [0.25, 0.3) is 0 Å². The highest BCUT2D eigenvalue weighted by Gasteiger charge is 2.16. The molecule has 32 heavy (non-hydrogen) atoms. The van der Waals surface area contributed by atoms with E-state index in [1.807, 2.05) is 30.3 Å². The molecular weight excluding hydrogens is 400 g/mol. The van der Waals surface area contributed by atoms with Gasteiger partial charge in [-0.3, -0.25) is 9.69 Å². The second-order valence-electron chi connectivity index (χ2n) is 8.81. The van der Waals surface area contributed by atoms with Crippen molar-refractivity contribution in [3.63, 3.8) is 0 Å². The number of rotatable bonds is 9. The Balaban J connectivity index is 1.16. The molecule has 1 fully saturated rings. The van der Waals surface area contributed by atoms with Gasteiger partial charge in [0.15, 0.2) is 0 Å². The molecule has 1 unspecified atom stereocenters. The van der Waals surface area contributed by atoms with E-state index in [1.165, 1.54) is 31.5 Å². The molecule has 4 rings (SSSR count). The molecule has 0 saturated carbocycles. The number of piperidine rings is 1. The lowest BCUT2D eigenvalue weighted by Gasteiger charge is -2.30. The zero-order valence-corrected chi connectivity index (χ0v) is 18.8. The maximum atomic E-state index is 12.2. The van der Waals surface area contributed by atoms with Crippen LogP contribution in [0.4, 0.5) is 0 Å². The number of amides is 1. The van der Waals surface area contributed by atoms with Crippen molar-refractivity contribution in [2.24, 2.45) is 5.92 Å². The van der Waals surface area contributed by atoms with Crippen LogP contribution in [0.5, 0.6) is 0 Å². The maximum absolute atomic E-state index is 12.2. The molecule has 1 aliphatic heterocycles. The van der Waals surface area contributed by atoms with Gasteiger partial charge >= 0.3 is 0 Å². The summed E-state index contributed by atoms with van der Waals surface area (Å²) in [7, 11) is 0. The summed E-state index contributed by atoms with van der Waals surface area (Å²) in [6, 6.07) is 18.3. The third-order valence-electron chi connectivity index (χ3n) is 5.95. The molecule has 0 radical (unpaired) electrons. The molecule has 0 bridgehead atoms. The number of likely N-dealkylation sites (tertiary alicyclic amines) is 1. The van der Waals surface area contributed by atoms with Crippen LogP contribution in [0.3, 0.4) is 0 Å². The van der Waals surface area contributed by atoms with Crippen molar-refractivity contribution in [1.82, 2.24) is 20.4 Å². The number of aryl methyl sites for hydroxylation is 1. The van der Waals surface area contributed by atoms with Gasteiger partial charge in [-0.2, -0.15) is 4.98 Å². The van der Waals surface area contributed by atoms with Crippen molar-refractivity contribution in [2.45, 2.75) is 52.1 Å². The molecule has 1 N–H and O–H groups in total. The van der Waals surface area contributed by atoms with Gasteiger partial charge in [0.2, 0.25) is 17.6 Å². The summed E-state index contributed by atoms with van der Waals surface area (Å²) in [5.41, 5.74) is 3.39. The Kier molecular flexibility index (Phi) is 7.67. The van der Waals surface area contributed by atoms with Crippen molar-refractivity contribution in [3.05, 3.63) is 71.6 Å². The Labute approximate surface area is 190 Å². The highest BCUT2D eigenvalue weighted by molar-refractivity contribution is 5.75. The van der Waals surface area contributed by atoms with Crippen molar-refractivity contribution in [2.75, 3.05) is 13.1 Å². The Morgan fingerprint density at radius 2 is 1.91 bits per heavy atom. The average molecular weight is 433 g/mol. The number of hydrogen-bond donors (Lipinski definition) is 1. The van der Waals surface area contributed by atoms with Crippen molar-refractivity contribution < 1.29 is 9.32 Å². The van der Waals surface area contributed by atoms with Crippen LogP contribution in [0.25, 0.3) is 11.4 Å². The van der Waals surface area contributed by atoms with Gasteiger partial charge in [0, 0.05) is 38.0 Å². The highest BCUT2D eigenvalue weighted by atomic mass is 16.5. The van der Waals surface area contributed by atoms with Crippen LogP contribution in [0.2, 0.25) is 0 Å². The molecule has 2 heterocycles. The second-order valence-corrected chi connectivity index (χ2v) is 8.81. The Morgan fingerprint density at radius 3 is 2.69 bits per heavy atom. The van der Waals surface area contributed by atoms with Crippen LogP contribution in [0.1, 0.15) is 49.6 Å². The Bertz CT molecular complexity index is 985. The molecule has 1 amide bonds. The maximum Gasteiger partial charge on any atom is 0.226 e. The van der Waals surface area contributed by atoms with E-state index in [0.29, 0.717) is 37.5 Å². The lowest BCUT2D eigenvalue weighted by molar-refractivity contribution is -0.121. The molecule has 1 atom stereocenters. The largest absolute Gasteiger partial charge is 0.352 e. The number of nitrogens with one attached hydrogen (secondary N) is 1. The molecule has 0 spiro atoms. The lowest BCUT2D eigenvalue weighted by Crippen LogP contribution is -2.33. The fourth-order valence-corrected chi connectivity index (χ4v) is 4.20. The number of carbonyl (C=O) groups is 1. The molecule has 1 aromatic heterocycles. The van der Waals surface area contributed by atoms with Gasteiger partial charge in [-0.1, -0.05) is 66.7 Å². The fourth-order valence-electron chi connectivity index (χ4n) is 4.20. The van der Waals surface area contributed by atoms with Gasteiger partial charge in [-0.25, -0.2) is 0 Å². The summed E-state index contributed by atoms with van der Waals surface area (Å²) in [4.78, 5) is 19.2. The first-order chi connectivity index (χ1) is 15.7. The van der Waals surface area contributed by atoms with E-state index in [0.717, 1.165) is 23.6 Å². The minimum absolute atomic E-state index is 0.0409. The third kappa shape index (κ3) is 6.50. The lowest BCUT2D eigenvalue weighted by atomic mass is 9.99. The monoisotopic (exact) mass is 432 g/mol. The van der Waals surface area contributed by atoms with Crippen molar-refractivity contribution >= 4 is 5.91 Å². The molecule has 1 aliphatic rings. The number of hydrogen-bond acceptors (Lipinski definition) is 5. The summed E-state index contributed by atoms with van der Waals surface area (Å²) in [5, 5.41) is 7.02. The summed E-state index contributed by atoms with van der Waals surface area (Å²) in [6.45, 7) is 6.29. The number of benzene rings is 2. The van der Waals surface area contributed by atoms with Crippen molar-refractivity contribution in [3.8, 4) is 11.4 Å². The number of carbonyl (C=O) groups excluding carboxylic acids is 1. The molecular formula is C26H32N4O2. The third-order valence-corrected chi connectivity index (χ3v) is 5.95. The zero-order valence-electron chi connectivity index (χ0n) is 18.8. The normalized spacial score (nSPS) is 16.7. The van der Waals surface area contributed by atoms with Gasteiger partial charge in [0.1, 0.15) is 0 Å². The quantitative estimate of drug-likeness (QED) is 0.535. The van der Waals surface area contributed by atoms with Crippen LogP contribution in [0.15, 0.2) is 59.1 Å². The van der Waals surface area contributed by atoms with Crippen LogP contribution in [-0.2, 0) is 24.3 Å². The number of aromatic nitrogens is 2. The van der Waals surface area contributed by atoms with Crippen LogP contribution < -0.4 is 5.32 Å². The Morgan fingerprint density at radius 1 is 1.12 bits per heavy atom. The van der Waals surface area contributed by atoms with Gasteiger partial charge in [0.05, 0.1) is 0 Å². The van der Waals surface area contributed by atoms with Crippen molar-refractivity contribution in [1.29, 1.82) is 0 Å². The SMILES string of the molecule is CC1CCCN(Cc2ccc(CNC(=O)CCCc3nc(-c4ccccc4)no3)cc2)C1. The zero-order chi connectivity index (χ0) is 22.2. The predicted molar refractivity (Wildman–Crippen MR) is 125 cm³/mol. The molecule has 168 valence electrons. The van der Waals surface area contributed by atoms with E-state index in [9.17, 15) is 4.79 Å². The summed E-state index contributed by atoms with van der Waals surface area (Å²) in [6.07, 6.45) is 4.35. The van der Waals surface area contributed by atoms with E-state index in [-0.39, 0.29) is 5.91 Å². The summed E-state index contributed by atoms with van der Waals surface area (Å²) >= 11 is 0. The second kappa shape index (κ2) is 11.0. The molecule has 6 heteroatoms. The minimum atomic E-state index is 0.0409. The van der Waals surface area contributed by atoms with Gasteiger partial charge in [-0.05, 0) is 42.9 Å². The predicted octanol–water partition coefficient (Wildman–Crippen LogP) is 4.61. The average Bonchev–Trinajstić information content (AvgIpc) is 3.28.